The van der Waals surface area contributed by atoms with Crippen LogP contribution in [0, 0.1) is 46.3 Å². The molecule has 45 heavy (non-hydrogen) atoms. The third kappa shape index (κ3) is 7.84. The van der Waals surface area contributed by atoms with E-state index in [1.54, 1.807) is 0 Å². The summed E-state index contributed by atoms with van der Waals surface area (Å²) in [7, 11) is 0. The van der Waals surface area contributed by atoms with Crippen LogP contribution in [-0.4, -0.2) is 64.4 Å². The molecule has 1 saturated heterocycles. The van der Waals surface area contributed by atoms with Gasteiger partial charge in [0.25, 0.3) is 0 Å². The van der Waals surface area contributed by atoms with Crippen LogP contribution in [0.15, 0.2) is 0 Å². The van der Waals surface area contributed by atoms with Gasteiger partial charge in [-0.05, 0) is 139 Å². The molecule has 0 radical (unpaired) electrons. The monoisotopic (exact) mass is 632 g/mol. The SMILES string of the molecule is CCCC(NC(=O)OC(C)(C)C)C(=O)N1CCC2(C)C(CC(O)C3C2CCC2(C)C(C(C)CCC(=O)OC(C)(C)C)CCC32)C1. The van der Waals surface area contributed by atoms with Crippen LogP contribution in [0.25, 0.3) is 0 Å². The Morgan fingerprint density at radius 2 is 1.58 bits per heavy atom. The normalized spacial score (nSPS) is 36.2. The van der Waals surface area contributed by atoms with Crippen molar-refractivity contribution in [2.24, 2.45) is 46.3 Å². The van der Waals surface area contributed by atoms with Gasteiger partial charge in [0, 0.05) is 19.5 Å². The van der Waals surface area contributed by atoms with Crippen molar-refractivity contribution in [2.45, 2.75) is 157 Å². The summed E-state index contributed by atoms with van der Waals surface area (Å²) in [5, 5.41) is 14.7. The molecule has 1 heterocycles. The molecular weight excluding hydrogens is 568 g/mol. The minimum atomic E-state index is -0.626. The molecule has 3 saturated carbocycles. The number of esters is 1. The third-order valence-corrected chi connectivity index (χ3v) is 12.3. The first-order chi connectivity index (χ1) is 20.8. The molecule has 0 aromatic carbocycles. The molecule has 10 atom stereocenters. The highest BCUT2D eigenvalue weighted by atomic mass is 16.6. The summed E-state index contributed by atoms with van der Waals surface area (Å²) < 4.78 is 11.0. The van der Waals surface area contributed by atoms with Gasteiger partial charge in [0.05, 0.1) is 6.10 Å². The van der Waals surface area contributed by atoms with Crippen molar-refractivity contribution < 1.29 is 29.0 Å². The van der Waals surface area contributed by atoms with E-state index < -0.39 is 23.3 Å². The zero-order chi connectivity index (χ0) is 33.5. The van der Waals surface area contributed by atoms with Crippen molar-refractivity contribution in [1.29, 1.82) is 0 Å². The van der Waals surface area contributed by atoms with Gasteiger partial charge in [-0.1, -0.05) is 34.1 Å². The summed E-state index contributed by atoms with van der Waals surface area (Å²) in [6.45, 7) is 21.8. The summed E-state index contributed by atoms with van der Waals surface area (Å²) in [4.78, 5) is 40.7. The Labute approximate surface area is 273 Å². The summed E-state index contributed by atoms with van der Waals surface area (Å²) >= 11 is 0. The van der Waals surface area contributed by atoms with Gasteiger partial charge in [-0.15, -0.1) is 0 Å². The minimum Gasteiger partial charge on any atom is -0.460 e. The molecule has 0 aromatic rings. The molecule has 4 fully saturated rings. The van der Waals surface area contributed by atoms with E-state index in [-0.39, 0.29) is 40.6 Å². The Balaban J connectivity index is 1.42. The second-order valence-electron chi connectivity index (χ2n) is 17.6. The zero-order valence-electron chi connectivity index (χ0n) is 30.0. The summed E-state index contributed by atoms with van der Waals surface area (Å²) in [6.07, 6.45) is 8.00. The Bertz CT molecular complexity index is 1080. The lowest BCUT2D eigenvalue weighted by atomic mass is 9.44. The highest BCUT2D eigenvalue weighted by Crippen LogP contribution is 2.67. The number of ether oxygens (including phenoxy) is 2. The van der Waals surface area contributed by atoms with Gasteiger partial charge in [-0.2, -0.15) is 0 Å². The number of rotatable bonds is 8. The van der Waals surface area contributed by atoms with E-state index in [2.05, 4.69) is 26.1 Å². The first kappa shape index (κ1) is 36.0. The Kier molecular flexibility index (Phi) is 10.7. The maximum Gasteiger partial charge on any atom is 0.408 e. The highest BCUT2D eigenvalue weighted by molar-refractivity contribution is 5.85. The number of alkyl carbamates (subject to hydrolysis) is 1. The summed E-state index contributed by atoms with van der Waals surface area (Å²) in [5.41, 5.74) is -0.817. The predicted octanol–water partition coefficient (Wildman–Crippen LogP) is 7.12. The molecule has 8 heteroatoms. The molecule has 10 unspecified atom stereocenters. The van der Waals surface area contributed by atoms with Gasteiger partial charge in [-0.3, -0.25) is 9.59 Å². The van der Waals surface area contributed by atoms with Gasteiger partial charge in [0.15, 0.2) is 0 Å². The molecular formula is C37H64N2O6. The first-order valence-electron chi connectivity index (χ1n) is 18.0. The topological polar surface area (TPSA) is 105 Å². The summed E-state index contributed by atoms with van der Waals surface area (Å²) in [5.74, 6) is 2.32. The second-order valence-corrected chi connectivity index (χ2v) is 17.6. The number of aliphatic hydroxyl groups excluding tert-OH is 1. The van der Waals surface area contributed by atoms with Crippen molar-refractivity contribution >= 4 is 18.0 Å². The van der Waals surface area contributed by atoms with Crippen molar-refractivity contribution in [2.75, 3.05) is 13.1 Å². The highest BCUT2D eigenvalue weighted by Gasteiger charge is 2.63. The third-order valence-electron chi connectivity index (χ3n) is 12.3. The number of piperidine rings is 1. The number of aliphatic hydroxyl groups is 1. The first-order valence-corrected chi connectivity index (χ1v) is 18.0. The number of hydrogen-bond acceptors (Lipinski definition) is 6. The Morgan fingerprint density at radius 3 is 2.20 bits per heavy atom. The molecule has 1 aliphatic heterocycles. The van der Waals surface area contributed by atoms with E-state index in [0.717, 1.165) is 44.9 Å². The van der Waals surface area contributed by atoms with E-state index >= 15 is 0 Å². The second kappa shape index (κ2) is 13.4. The number of fused-ring (bicyclic) bond motifs is 5. The van der Waals surface area contributed by atoms with E-state index in [9.17, 15) is 19.5 Å². The van der Waals surface area contributed by atoms with E-state index in [1.807, 2.05) is 53.4 Å². The lowest BCUT2D eigenvalue weighted by Crippen LogP contribution is -2.63. The molecule has 258 valence electrons. The summed E-state index contributed by atoms with van der Waals surface area (Å²) in [6, 6.07) is -0.599. The fraction of sp³-hybridized carbons (Fsp3) is 0.919. The van der Waals surface area contributed by atoms with Crippen molar-refractivity contribution in [3.8, 4) is 0 Å². The number of nitrogens with zero attached hydrogens (tertiary/aromatic N) is 1. The minimum absolute atomic E-state index is 0.0309. The van der Waals surface area contributed by atoms with Crippen LogP contribution < -0.4 is 5.32 Å². The molecule has 8 nitrogen and oxygen atoms in total. The van der Waals surface area contributed by atoms with Crippen LogP contribution in [-0.2, 0) is 19.1 Å². The fourth-order valence-electron chi connectivity index (χ4n) is 10.3. The van der Waals surface area contributed by atoms with Gasteiger partial charge in [0.2, 0.25) is 5.91 Å². The van der Waals surface area contributed by atoms with Crippen molar-refractivity contribution in [1.82, 2.24) is 10.2 Å². The van der Waals surface area contributed by atoms with Crippen LogP contribution in [0.1, 0.15) is 133 Å². The smallest absolute Gasteiger partial charge is 0.408 e. The number of hydrogen-bond donors (Lipinski definition) is 2. The van der Waals surface area contributed by atoms with Crippen molar-refractivity contribution in [3.63, 3.8) is 0 Å². The number of nitrogens with one attached hydrogen (secondary N) is 1. The van der Waals surface area contributed by atoms with Gasteiger partial charge >= 0.3 is 12.1 Å². The lowest BCUT2D eigenvalue weighted by Gasteiger charge is -2.63. The van der Waals surface area contributed by atoms with E-state index in [0.29, 0.717) is 49.6 Å². The van der Waals surface area contributed by atoms with Gasteiger partial charge < -0.3 is 24.8 Å². The Hall–Kier alpha value is -1.83. The lowest BCUT2D eigenvalue weighted by molar-refractivity contribution is -0.176. The van der Waals surface area contributed by atoms with E-state index in [1.165, 1.54) is 6.42 Å². The van der Waals surface area contributed by atoms with Crippen molar-refractivity contribution in [3.05, 3.63) is 0 Å². The molecule has 4 rings (SSSR count). The average molecular weight is 633 g/mol. The number of carbonyl (C=O) groups excluding carboxylic acids is 3. The quantitative estimate of drug-likeness (QED) is 0.276. The van der Waals surface area contributed by atoms with Crippen LogP contribution >= 0.6 is 0 Å². The average Bonchev–Trinajstić information content (AvgIpc) is 3.26. The number of likely N-dealkylation sites (tertiary alicyclic amines) is 1. The zero-order valence-corrected chi connectivity index (χ0v) is 30.0. The maximum absolute atomic E-state index is 13.8. The predicted molar refractivity (Wildman–Crippen MR) is 176 cm³/mol. The maximum atomic E-state index is 13.8. The van der Waals surface area contributed by atoms with Crippen LogP contribution in [0.3, 0.4) is 0 Å². The van der Waals surface area contributed by atoms with Gasteiger partial charge in [0.1, 0.15) is 17.2 Å². The van der Waals surface area contributed by atoms with Crippen LogP contribution in [0.5, 0.6) is 0 Å². The fourth-order valence-corrected chi connectivity index (χ4v) is 10.3. The molecule has 4 aliphatic rings. The number of carbonyl (C=O) groups is 3. The standard InChI is InChI=1S/C37H64N2O6/c1-11-12-28(38-33(43)45-35(6,7)8)32(42)39-20-19-36(9)24(22-39)21-29(40)31-26-15-14-25(37(26,10)18-17-27(31)36)23(2)13-16-30(41)44-34(3,4)5/h23-29,31,40H,11-22H2,1-10H3,(H,38,43). The van der Waals surface area contributed by atoms with E-state index in [4.69, 9.17) is 9.47 Å². The molecule has 0 bridgehead atoms. The molecule has 2 amide bonds. The van der Waals surface area contributed by atoms with Crippen LogP contribution in [0.2, 0.25) is 0 Å². The van der Waals surface area contributed by atoms with Crippen LogP contribution in [0.4, 0.5) is 4.79 Å². The molecule has 0 aromatic heterocycles. The molecule has 0 spiro atoms. The Morgan fingerprint density at radius 1 is 0.933 bits per heavy atom. The largest absolute Gasteiger partial charge is 0.460 e. The molecule has 3 aliphatic carbocycles. The van der Waals surface area contributed by atoms with Gasteiger partial charge in [-0.25, -0.2) is 4.79 Å². The number of amides is 2. The molecule has 2 N–H and O–H groups in total.